The van der Waals surface area contributed by atoms with Crippen LogP contribution in [-0.4, -0.2) is 12.6 Å². The van der Waals surface area contributed by atoms with Gasteiger partial charge in [-0.1, -0.05) is 39.3 Å². The minimum atomic E-state index is 0. The predicted octanol–water partition coefficient (Wildman–Crippen LogP) is 8.60. The van der Waals surface area contributed by atoms with Crippen LogP contribution < -0.4 is 0 Å². The molecule has 0 aliphatic heterocycles. The van der Waals surface area contributed by atoms with Gasteiger partial charge in [0.25, 0.3) is 0 Å². The van der Waals surface area contributed by atoms with Crippen LogP contribution >= 0.6 is 0 Å². The van der Waals surface area contributed by atoms with Gasteiger partial charge in [0, 0.05) is 43.7 Å². The summed E-state index contributed by atoms with van der Waals surface area (Å²) in [6.45, 7) is 6.49. The smallest absolute Gasteiger partial charge is 0.123 e. The standard InChI is InChI=1S/C12H17O.C12H18O.C11H16.CH4.Rh/c1-7-10-5-11(12(7)6-13)9-4-2-3-8(9)10;13-5-4-8-6-9-7-12(8)11-3-1-2-10(9)11;1-7-5-8-6-11(7)10-4-2-3-9(8)10;;/h2,6-12H,3-5H2,1H3;5,8-12H,1-4,6-7H2;8-11H,1-6H2;1H4;/q+1;;;;. The Kier molecular flexibility index (Phi) is 9.29. The van der Waals surface area contributed by atoms with Gasteiger partial charge in [-0.05, 0) is 129 Å². The molecular weight excluding hydrogens is 567 g/mol. The number of allylic oxidation sites excluding steroid dienone is 1. The molecule has 0 aromatic heterocycles. The third-order valence-electron chi connectivity index (χ3n) is 14.3. The van der Waals surface area contributed by atoms with Crippen molar-refractivity contribution in [2.45, 2.75) is 104 Å². The zero-order valence-electron chi connectivity index (χ0n) is 23.6. The van der Waals surface area contributed by atoms with Crippen molar-refractivity contribution in [1.82, 2.24) is 0 Å². The van der Waals surface area contributed by atoms with E-state index >= 15 is 0 Å². The van der Waals surface area contributed by atoms with Crippen molar-refractivity contribution in [2.24, 2.45) is 88.8 Å². The fourth-order valence-electron chi connectivity index (χ4n) is 13.0. The van der Waals surface area contributed by atoms with Gasteiger partial charge in [-0.15, -0.1) is 0 Å². The zero-order chi connectivity index (χ0) is 25.3. The quantitative estimate of drug-likeness (QED) is 0.137. The number of carbonyl (C=O) groups is 2. The van der Waals surface area contributed by atoms with Crippen LogP contribution in [0.15, 0.2) is 12.2 Å². The summed E-state index contributed by atoms with van der Waals surface area (Å²) in [4.78, 5) is 21.5. The number of fused-ring (bicyclic) bond motifs is 15. The molecule has 0 saturated heterocycles. The molecule has 219 valence electrons. The molecule has 15 unspecified atom stereocenters. The first-order valence-corrected chi connectivity index (χ1v) is 16.5. The maximum absolute atomic E-state index is 11.0. The van der Waals surface area contributed by atoms with Crippen LogP contribution in [-0.2, 0) is 29.1 Å². The first-order valence-electron chi connectivity index (χ1n) is 16.5. The molecule has 0 spiro atoms. The van der Waals surface area contributed by atoms with Crippen LogP contribution in [0.1, 0.15) is 104 Å². The molecule has 9 saturated carbocycles. The van der Waals surface area contributed by atoms with E-state index in [9.17, 15) is 9.59 Å². The van der Waals surface area contributed by atoms with Gasteiger partial charge < -0.3 is 9.59 Å². The van der Waals surface area contributed by atoms with Crippen molar-refractivity contribution < 1.29 is 29.1 Å². The Morgan fingerprint density at radius 3 is 2.15 bits per heavy atom. The normalized spacial score (nSPS) is 51.8. The zero-order valence-corrected chi connectivity index (χ0v) is 25.3. The van der Waals surface area contributed by atoms with Gasteiger partial charge in [0.2, 0.25) is 0 Å². The van der Waals surface area contributed by atoms with Crippen LogP contribution in [0.2, 0.25) is 0 Å². The third-order valence-corrected chi connectivity index (χ3v) is 14.3. The van der Waals surface area contributed by atoms with Gasteiger partial charge in [0.05, 0.1) is 19.3 Å². The van der Waals surface area contributed by atoms with Crippen molar-refractivity contribution in [3.8, 4) is 0 Å². The molecule has 6 bridgehead atoms. The van der Waals surface area contributed by atoms with E-state index in [1.54, 1.807) is 12.0 Å². The summed E-state index contributed by atoms with van der Waals surface area (Å²) in [5, 5.41) is 0. The van der Waals surface area contributed by atoms with Crippen molar-refractivity contribution in [3.63, 3.8) is 0 Å². The number of rotatable bonds is 3. The van der Waals surface area contributed by atoms with Crippen LogP contribution in [0.5, 0.6) is 0 Å². The van der Waals surface area contributed by atoms with Crippen LogP contribution in [0.4, 0.5) is 0 Å². The molecule has 9 aliphatic carbocycles. The molecule has 3 heteroatoms. The van der Waals surface area contributed by atoms with Crippen LogP contribution in [0.3, 0.4) is 0 Å². The van der Waals surface area contributed by atoms with Crippen molar-refractivity contribution in [2.75, 3.05) is 0 Å². The summed E-state index contributed by atoms with van der Waals surface area (Å²) < 4.78 is 0. The molecule has 9 fully saturated rings. The molecule has 0 aromatic carbocycles. The fraction of sp³-hybridized carbons (Fsp3) is 0.861. The Labute approximate surface area is 252 Å². The number of hydrogen-bond donors (Lipinski definition) is 0. The topological polar surface area (TPSA) is 34.1 Å². The summed E-state index contributed by atoms with van der Waals surface area (Å²) in [5.74, 6) is 13.6. The molecule has 0 aromatic rings. The average molecular weight is 623 g/mol. The van der Waals surface area contributed by atoms with Gasteiger partial charge in [-0.2, -0.15) is 0 Å². The van der Waals surface area contributed by atoms with Crippen molar-refractivity contribution in [1.29, 1.82) is 0 Å². The molecule has 0 N–H and O–H groups in total. The largest absolute Gasteiger partial charge is 0.303 e. The van der Waals surface area contributed by atoms with Crippen molar-refractivity contribution >= 4 is 12.6 Å². The van der Waals surface area contributed by atoms with Gasteiger partial charge in [0.15, 0.2) is 0 Å². The Bertz CT molecular complexity index is 894. The van der Waals surface area contributed by atoms with E-state index in [-0.39, 0.29) is 26.9 Å². The number of hydrogen-bond acceptors (Lipinski definition) is 2. The molecule has 15 atom stereocenters. The molecule has 1 radical (unpaired) electrons. The van der Waals surface area contributed by atoms with E-state index in [0.29, 0.717) is 11.8 Å². The molecule has 0 heterocycles. The molecule has 9 rings (SSSR count). The Balaban J connectivity index is 0.000000116. The second-order valence-electron chi connectivity index (χ2n) is 15.3. The molecule has 9 aliphatic rings. The molecular formula is C36H55O2Rh+. The van der Waals surface area contributed by atoms with E-state index in [4.69, 9.17) is 0 Å². The molecule has 2 nitrogen and oxygen atoms in total. The number of carbonyl (C=O) groups excluding carboxylic acids is 2. The predicted molar refractivity (Wildman–Crippen MR) is 155 cm³/mol. The first kappa shape index (κ1) is 30.0. The summed E-state index contributed by atoms with van der Waals surface area (Å²) in [7, 11) is 0. The third kappa shape index (κ3) is 4.89. The molecule has 39 heavy (non-hydrogen) atoms. The minimum absolute atomic E-state index is 0. The fourth-order valence-corrected chi connectivity index (χ4v) is 13.0. The Morgan fingerprint density at radius 2 is 1.44 bits per heavy atom. The van der Waals surface area contributed by atoms with Crippen LogP contribution in [0.25, 0.3) is 0 Å². The van der Waals surface area contributed by atoms with E-state index < -0.39 is 0 Å². The monoisotopic (exact) mass is 622 g/mol. The SMILES string of the molecule is C.C=C1CC2CC1C1CCCC21.CC1C(C=O)C2CC1C1C[CH+]CC21.O=CCC1CC2CC1C1CCCC21.[Rh]. The van der Waals surface area contributed by atoms with E-state index in [0.717, 1.165) is 89.6 Å². The Hall–Kier alpha value is -0.427. The van der Waals surface area contributed by atoms with Crippen LogP contribution in [0, 0.1) is 95.2 Å². The average Bonchev–Trinajstić information content (AvgIpc) is 3.71. The maximum atomic E-state index is 11.0. The van der Waals surface area contributed by atoms with Gasteiger partial charge in [0.1, 0.15) is 12.6 Å². The molecule has 0 amide bonds. The van der Waals surface area contributed by atoms with E-state index in [1.807, 2.05) is 0 Å². The first-order chi connectivity index (χ1) is 18.1. The summed E-state index contributed by atoms with van der Waals surface area (Å²) in [6.07, 6.45) is 24.4. The van der Waals surface area contributed by atoms with Gasteiger partial charge in [-0.3, -0.25) is 0 Å². The van der Waals surface area contributed by atoms with Gasteiger partial charge >= 0.3 is 0 Å². The maximum Gasteiger partial charge on any atom is 0.123 e. The Morgan fingerprint density at radius 1 is 0.769 bits per heavy atom. The van der Waals surface area contributed by atoms with Gasteiger partial charge in [-0.25, -0.2) is 0 Å². The second kappa shape index (κ2) is 12.1. The number of aldehydes is 2. The van der Waals surface area contributed by atoms with E-state index in [1.165, 1.54) is 83.3 Å². The van der Waals surface area contributed by atoms with Crippen molar-refractivity contribution in [3.05, 3.63) is 18.6 Å². The minimum Gasteiger partial charge on any atom is -0.303 e. The van der Waals surface area contributed by atoms with E-state index in [2.05, 4.69) is 19.9 Å². The summed E-state index contributed by atoms with van der Waals surface area (Å²) in [6, 6.07) is 0. The summed E-state index contributed by atoms with van der Waals surface area (Å²) in [5.41, 5.74) is 1.60. The summed E-state index contributed by atoms with van der Waals surface area (Å²) >= 11 is 0. The second-order valence-corrected chi connectivity index (χ2v) is 15.3.